The fourth-order valence-electron chi connectivity index (χ4n) is 4.96. The Morgan fingerprint density at radius 2 is 2.12 bits per heavy atom. The maximum atomic E-state index is 13.1. The van der Waals surface area contributed by atoms with Crippen LogP contribution in [0.1, 0.15) is 38.2 Å². The molecule has 0 radical (unpaired) electrons. The molecule has 0 amide bonds. The molecular weight excluding hydrogens is 317 g/mol. The van der Waals surface area contributed by atoms with Crippen LogP contribution in [0.15, 0.2) is 29.3 Å². The van der Waals surface area contributed by atoms with Gasteiger partial charge in [0.25, 0.3) is 0 Å². The average Bonchev–Trinajstić information content (AvgIpc) is 2.97. The van der Waals surface area contributed by atoms with Crippen LogP contribution in [0.3, 0.4) is 0 Å². The molecule has 136 valence electrons. The third-order valence-electron chi connectivity index (χ3n) is 6.32. The van der Waals surface area contributed by atoms with Gasteiger partial charge >= 0.3 is 0 Å². The lowest BCUT2D eigenvalue weighted by molar-refractivity contribution is -0.171. The Bertz CT molecular complexity index is 641. The van der Waals surface area contributed by atoms with Gasteiger partial charge in [-0.3, -0.25) is 4.99 Å². The SMILES string of the molecule is CCN=C(NC1C2CCOC2C12CCC2)N(C)Cc1ccc(F)cc1. The zero-order valence-electron chi connectivity index (χ0n) is 15.2. The minimum absolute atomic E-state index is 0.194. The number of nitrogens with zero attached hydrogens (tertiary/aromatic N) is 2. The van der Waals surface area contributed by atoms with Crippen molar-refractivity contribution >= 4 is 5.96 Å². The fourth-order valence-corrected chi connectivity index (χ4v) is 4.96. The molecule has 1 N–H and O–H groups in total. The van der Waals surface area contributed by atoms with Crippen LogP contribution in [-0.4, -0.2) is 43.2 Å². The van der Waals surface area contributed by atoms with E-state index in [0.29, 0.717) is 23.5 Å². The highest BCUT2D eigenvalue weighted by molar-refractivity contribution is 5.80. The fraction of sp³-hybridized carbons (Fsp3) is 0.650. The minimum atomic E-state index is -0.194. The van der Waals surface area contributed by atoms with Gasteiger partial charge in [-0.15, -0.1) is 0 Å². The second-order valence-electron chi connectivity index (χ2n) is 7.73. The van der Waals surface area contributed by atoms with Gasteiger partial charge < -0.3 is 15.0 Å². The van der Waals surface area contributed by atoms with Crippen molar-refractivity contribution in [1.82, 2.24) is 10.2 Å². The second kappa shape index (κ2) is 6.60. The monoisotopic (exact) mass is 345 g/mol. The smallest absolute Gasteiger partial charge is 0.194 e. The topological polar surface area (TPSA) is 36.9 Å². The molecule has 0 bridgehead atoms. The number of nitrogens with one attached hydrogen (secondary N) is 1. The van der Waals surface area contributed by atoms with Gasteiger partial charge in [0.1, 0.15) is 5.82 Å². The van der Waals surface area contributed by atoms with Crippen molar-refractivity contribution < 1.29 is 9.13 Å². The quantitative estimate of drug-likeness (QED) is 0.673. The molecule has 1 spiro atoms. The lowest BCUT2D eigenvalue weighted by Crippen LogP contribution is -2.72. The number of ether oxygens (including phenoxy) is 1. The van der Waals surface area contributed by atoms with Gasteiger partial charge in [0.2, 0.25) is 0 Å². The molecule has 3 atom stereocenters. The zero-order chi connectivity index (χ0) is 17.4. The summed E-state index contributed by atoms with van der Waals surface area (Å²) in [4.78, 5) is 6.86. The van der Waals surface area contributed by atoms with Gasteiger partial charge in [0.15, 0.2) is 5.96 Å². The van der Waals surface area contributed by atoms with Crippen LogP contribution >= 0.6 is 0 Å². The van der Waals surface area contributed by atoms with Crippen molar-refractivity contribution in [1.29, 1.82) is 0 Å². The summed E-state index contributed by atoms with van der Waals surface area (Å²) in [6.07, 6.45) is 5.48. The molecule has 2 saturated carbocycles. The minimum Gasteiger partial charge on any atom is -0.377 e. The van der Waals surface area contributed by atoms with E-state index in [4.69, 9.17) is 9.73 Å². The van der Waals surface area contributed by atoms with Crippen LogP contribution in [0.2, 0.25) is 0 Å². The van der Waals surface area contributed by atoms with Crippen LogP contribution in [0.25, 0.3) is 0 Å². The van der Waals surface area contributed by atoms with E-state index < -0.39 is 0 Å². The highest BCUT2D eigenvalue weighted by atomic mass is 19.1. The molecule has 1 aliphatic heterocycles. The van der Waals surface area contributed by atoms with E-state index in [9.17, 15) is 4.39 Å². The first kappa shape index (κ1) is 16.8. The number of guanidine groups is 1. The van der Waals surface area contributed by atoms with Gasteiger partial charge in [0.05, 0.1) is 6.10 Å². The standard InChI is InChI=1S/C20H28FN3O/c1-3-22-19(24(2)13-14-5-7-15(21)8-6-14)23-17-16-9-12-25-18(16)20(17)10-4-11-20/h5-8,16-18H,3-4,9-13H2,1-2H3,(H,22,23). The van der Waals surface area contributed by atoms with Crippen molar-refractivity contribution in [2.75, 3.05) is 20.2 Å². The van der Waals surface area contributed by atoms with Crippen LogP contribution in [0, 0.1) is 17.2 Å². The Balaban J connectivity index is 1.46. The maximum absolute atomic E-state index is 13.1. The van der Waals surface area contributed by atoms with Crippen molar-refractivity contribution in [2.45, 2.75) is 51.3 Å². The molecule has 3 unspecified atom stereocenters. The molecule has 1 heterocycles. The van der Waals surface area contributed by atoms with Crippen molar-refractivity contribution in [2.24, 2.45) is 16.3 Å². The molecule has 0 aromatic heterocycles. The summed E-state index contributed by atoms with van der Waals surface area (Å²) in [5.74, 6) is 1.38. The number of aliphatic imine (C=N–C) groups is 1. The molecule has 1 saturated heterocycles. The molecule has 5 heteroatoms. The Hall–Kier alpha value is -1.62. The largest absolute Gasteiger partial charge is 0.377 e. The molecule has 1 aromatic rings. The predicted octanol–water partition coefficient (Wildman–Crippen LogP) is 3.18. The van der Waals surface area contributed by atoms with E-state index in [1.165, 1.54) is 31.4 Å². The Morgan fingerprint density at radius 1 is 1.36 bits per heavy atom. The van der Waals surface area contributed by atoms with E-state index >= 15 is 0 Å². The van der Waals surface area contributed by atoms with Crippen LogP contribution in [0.5, 0.6) is 0 Å². The highest BCUT2D eigenvalue weighted by Gasteiger charge is 2.66. The summed E-state index contributed by atoms with van der Waals surface area (Å²) in [5, 5.41) is 3.77. The van der Waals surface area contributed by atoms with Gasteiger partial charge in [-0.1, -0.05) is 18.6 Å². The van der Waals surface area contributed by atoms with E-state index in [2.05, 4.69) is 24.2 Å². The Labute approximate surface area is 149 Å². The first-order chi connectivity index (χ1) is 12.1. The molecule has 1 aromatic carbocycles. The van der Waals surface area contributed by atoms with Gasteiger partial charge in [-0.25, -0.2) is 4.39 Å². The average molecular weight is 345 g/mol. The van der Waals surface area contributed by atoms with Gasteiger partial charge in [0, 0.05) is 44.1 Å². The van der Waals surface area contributed by atoms with Crippen molar-refractivity contribution in [3.8, 4) is 0 Å². The molecule has 2 aliphatic carbocycles. The first-order valence-electron chi connectivity index (χ1n) is 9.52. The lowest BCUT2D eigenvalue weighted by atomic mass is 9.46. The predicted molar refractivity (Wildman–Crippen MR) is 96.9 cm³/mol. The van der Waals surface area contributed by atoms with Gasteiger partial charge in [-0.05, 0) is 43.9 Å². The first-order valence-corrected chi connectivity index (χ1v) is 9.52. The number of hydrogen-bond donors (Lipinski definition) is 1. The van der Waals surface area contributed by atoms with Crippen molar-refractivity contribution in [3.63, 3.8) is 0 Å². The molecular formula is C20H28FN3O. The number of halogens is 1. The second-order valence-corrected chi connectivity index (χ2v) is 7.73. The summed E-state index contributed by atoms with van der Waals surface area (Å²) < 4.78 is 19.1. The molecule has 4 nitrogen and oxygen atoms in total. The molecule has 3 fully saturated rings. The van der Waals surface area contributed by atoms with E-state index in [1.807, 2.05) is 12.1 Å². The van der Waals surface area contributed by atoms with Crippen LogP contribution < -0.4 is 5.32 Å². The Kier molecular flexibility index (Phi) is 4.44. The van der Waals surface area contributed by atoms with Gasteiger partial charge in [-0.2, -0.15) is 0 Å². The molecule has 4 rings (SSSR count). The third kappa shape index (κ3) is 2.82. The zero-order valence-corrected chi connectivity index (χ0v) is 15.2. The number of rotatable bonds is 4. The Morgan fingerprint density at radius 3 is 2.76 bits per heavy atom. The van der Waals surface area contributed by atoms with Crippen molar-refractivity contribution in [3.05, 3.63) is 35.6 Å². The maximum Gasteiger partial charge on any atom is 0.194 e. The van der Waals surface area contributed by atoms with Crippen LogP contribution in [-0.2, 0) is 11.3 Å². The molecule has 25 heavy (non-hydrogen) atoms. The van der Waals surface area contributed by atoms with E-state index in [0.717, 1.165) is 37.6 Å². The molecule has 3 aliphatic rings. The third-order valence-corrected chi connectivity index (χ3v) is 6.32. The van der Waals surface area contributed by atoms with Crippen LogP contribution in [0.4, 0.5) is 4.39 Å². The lowest BCUT2D eigenvalue weighted by Gasteiger charge is -2.63. The highest BCUT2D eigenvalue weighted by Crippen LogP contribution is 2.62. The normalized spacial score (nSPS) is 29.7. The van der Waals surface area contributed by atoms with E-state index in [-0.39, 0.29) is 5.82 Å². The number of hydrogen-bond acceptors (Lipinski definition) is 2. The number of fused-ring (bicyclic) bond motifs is 2. The van der Waals surface area contributed by atoms with E-state index in [1.54, 1.807) is 0 Å². The summed E-state index contributed by atoms with van der Waals surface area (Å²) in [5.41, 5.74) is 1.43. The summed E-state index contributed by atoms with van der Waals surface area (Å²) in [6, 6.07) is 7.20. The summed E-state index contributed by atoms with van der Waals surface area (Å²) in [7, 11) is 2.06. The number of benzene rings is 1. The summed E-state index contributed by atoms with van der Waals surface area (Å²) in [6.45, 7) is 4.44. The summed E-state index contributed by atoms with van der Waals surface area (Å²) >= 11 is 0.